The fraction of sp³-hybridized carbons (Fsp3) is 0.727. The van der Waals surface area contributed by atoms with Crippen molar-refractivity contribution < 1.29 is 4.79 Å². The molecule has 0 unspecified atom stereocenters. The summed E-state index contributed by atoms with van der Waals surface area (Å²) in [5.41, 5.74) is 0.0383. The molecule has 0 atom stereocenters. The molecular weight excluding hydrogens is 148 g/mol. The van der Waals surface area contributed by atoms with Gasteiger partial charge in [-0.2, -0.15) is 0 Å². The summed E-state index contributed by atoms with van der Waals surface area (Å²) in [5, 5.41) is 0. The van der Waals surface area contributed by atoms with Crippen LogP contribution in [0.5, 0.6) is 0 Å². The van der Waals surface area contributed by atoms with E-state index >= 15 is 0 Å². The molecule has 0 saturated heterocycles. The van der Waals surface area contributed by atoms with E-state index in [2.05, 4.69) is 39.8 Å². The van der Waals surface area contributed by atoms with Gasteiger partial charge in [0.15, 0.2) is 0 Å². The average Bonchev–Trinajstić information content (AvgIpc) is 1.85. The first-order chi connectivity index (χ1) is 5.48. The first-order valence-corrected chi connectivity index (χ1v) is 4.59. The summed E-state index contributed by atoms with van der Waals surface area (Å²) < 4.78 is 0. The maximum atomic E-state index is 10.3. The molecule has 0 saturated carbocycles. The fourth-order valence-electron chi connectivity index (χ4n) is 0.942. The van der Waals surface area contributed by atoms with Crippen molar-refractivity contribution in [3.8, 4) is 0 Å². The molecule has 0 radical (unpaired) electrons. The van der Waals surface area contributed by atoms with E-state index in [0.29, 0.717) is 12.3 Å². The van der Waals surface area contributed by atoms with Crippen molar-refractivity contribution in [3.05, 3.63) is 12.2 Å². The molecule has 1 nitrogen and oxygen atoms in total. The zero-order valence-corrected chi connectivity index (χ0v) is 8.63. The van der Waals surface area contributed by atoms with Gasteiger partial charge < -0.3 is 4.79 Å². The smallest absolute Gasteiger partial charge is 0.120 e. The highest BCUT2D eigenvalue weighted by molar-refractivity contribution is 5.51. The van der Waals surface area contributed by atoms with E-state index in [1.807, 2.05) is 0 Å². The Balaban J connectivity index is 3.86. The first-order valence-electron chi connectivity index (χ1n) is 4.59. The van der Waals surface area contributed by atoms with Crippen molar-refractivity contribution in [2.24, 2.45) is 11.3 Å². The number of carbonyl (C=O) groups excluding carboxylic acids is 1. The van der Waals surface area contributed by atoms with E-state index in [9.17, 15) is 4.79 Å². The molecule has 0 heterocycles. The lowest BCUT2D eigenvalue weighted by Gasteiger charge is -2.15. The van der Waals surface area contributed by atoms with Crippen LogP contribution < -0.4 is 0 Å². The molecule has 0 rings (SSSR count). The molecule has 0 bridgehead atoms. The van der Waals surface area contributed by atoms with Gasteiger partial charge in [-0.3, -0.25) is 0 Å². The predicted molar refractivity (Wildman–Crippen MR) is 53.1 cm³/mol. The van der Waals surface area contributed by atoms with Crippen LogP contribution in [-0.2, 0) is 4.79 Å². The van der Waals surface area contributed by atoms with Gasteiger partial charge in [0.2, 0.25) is 0 Å². The predicted octanol–water partition coefficient (Wildman–Crippen LogP) is 3.20. The topological polar surface area (TPSA) is 17.1 Å². The highest BCUT2D eigenvalue weighted by Crippen LogP contribution is 2.21. The van der Waals surface area contributed by atoms with Gasteiger partial charge in [0, 0.05) is 6.42 Å². The Kier molecular flexibility index (Phi) is 4.87. The summed E-state index contributed by atoms with van der Waals surface area (Å²) >= 11 is 0. The van der Waals surface area contributed by atoms with Crippen molar-refractivity contribution >= 4 is 6.29 Å². The van der Waals surface area contributed by atoms with Crippen molar-refractivity contribution in [3.63, 3.8) is 0 Å². The van der Waals surface area contributed by atoms with Crippen molar-refractivity contribution in [1.29, 1.82) is 0 Å². The third-order valence-electron chi connectivity index (χ3n) is 1.79. The van der Waals surface area contributed by atoms with Crippen LogP contribution in [0.3, 0.4) is 0 Å². The fourth-order valence-corrected chi connectivity index (χ4v) is 0.942. The minimum absolute atomic E-state index is 0.0383. The summed E-state index contributed by atoms with van der Waals surface area (Å²) in [4.78, 5) is 10.3. The third kappa shape index (κ3) is 6.14. The zero-order valence-electron chi connectivity index (χ0n) is 8.63. The lowest BCUT2D eigenvalue weighted by Crippen LogP contribution is -2.07. The first kappa shape index (κ1) is 11.4. The zero-order chi connectivity index (χ0) is 9.61. The Hall–Kier alpha value is -0.590. The van der Waals surface area contributed by atoms with Gasteiger partial charge in [0.25, 0.3) is 0 Å². The van der Waals surface area contributed by atoms with Gasteiger partial charge in [0.05, 0.1) is 0 Å². The Morgan fingerprint density at radius 3 is 2.33 bits per heavy atom. The largest absolute Gasteiger partial charge is 0.303 e. The van der Waals surface area contributed by atoms with Crippen molar-refractivity contribution in [2.45, 2.75) is 40.5 Å². The molecule has 0 aromatic carbocycles. The molecule has 0 aliphatic heterocycles. The average molecular weight is 168 g/mol. The van der Waals surface area contributed by atoms with Crippen LogP contribution in [0.4, 0.5) is 0 Å². The van der Waals surface area contributed by atoms with Crippen LogP contribution in [0.15, 0.2) is 12.2 Å². The minimum Gasteiger partial charge on any atom is -0.303 e. The van der Waals surface area contributed by atoms with Gasteiger partial charge >= 0.3 is 0 Å². The number of hydrogen-bond acceptors (Lipinski definition) is 1. The normalized spacial score (nSPS) is 12.8. The quantitative estimate of drug-likeness (QED) is 0.455. The molecule has 1 heteroatoms. The SMILES string of the molecule is CC(C)C/C=C/C(C)(C)CC=O. The van der Waals surface area contributed by atoms with E-state index in [1.165, 1.54) is 0 Å². The van der Waals surface area contributed by atoms with Gasteiger partial charge in [-0.05, 0) is 17.8 Å². The van der Waals surface area contributed by atoms with Crippen molar-refractivity contribution in [1.82, 2.24) is 0 Å². The Labute approximate surface area is 75.9 Å². The molecule has 0 aromatic rings. The number of rotatable bonds is 5. The molecule has 70 valence electrons. The van der Waals surface area contributed by atoms with Gasteiger partial charge in [-0.15, -0.1) is 0 Å². The Morgan fingerprint density at radius 1 is 1.33 bits per heavy atom. The highest BCUT2D eigenvalue weighted by Gasteiger charge is 2.11. The second kappa shape index (κ2) is 5.13. The molecular formula is C11H20O. The lowest BCUT2D eigenvalue weighted by molar-refractivity contribution is -0.109. The van der Waals surface area contributed by atoms with Crippen LogP contribution in [0.1, 0.15) is 40.5 Å². The van der Waals surface area contributed by atoms with E-state index in [0.717, 1.165) is 12.7 Å². The molecule has 0 spiro atoms. The summed E-state index contributed by atoms with van der Waals surface area (Å²) in [7, 11) is 0. The van der Waals surface area contributed by atoms with Crippen LogP contribution in [0.2, 0.25) is 0 Å². The number of aldehydes is 1. The minimum atomic E-state index is 0.0383. The van der Waals surface area contributed by atoms with Gasteiger partial charge in [-0.25, -0.2) is 0 Å². The van der Waals surface area contributed by atoms with Gasteiger partial charge in [-0.1, -0.05) is 39.8 Å². The number of carbonyl (C=O) groups is 1. The molecule has 0 fully saturated rings. The van der Waals surface area contributed by atoms with E-state index < -0.39 is 0 Å². The second-order valence-electron chi connectivity index (χ2n) is 4.39. The number of allylic oxidation sites excluding steroid dienone is 2. The van der Waals surface area contributed by atoms with Crippen LogP contribution in [0.25, 0.3) is 0 Å². The lowest BCUT2D eigenvalue weighted by atomic mass is 9.89. The molecule has 0 amide bonds. The molecule has 12 heavy (non-hydrogen) atoms. The monoisotopic (exact) mass is 168 g/mol. The van der Waals surface area contributed by atoms with Crippen LogP contribution in [-0.4, -0.2) is 6.29 Å². The maximum absolute atomic E-state index is 10.3. The van der Waals surface area contributed by atoms with E-state index in [-0.39, 0.29) is 5.41 Å². The van der Waals surface area contributed by atoms with Gasteiger partial charge in [0.1, 0.15) is 6.29 Å². The van der Waals surface area contributed by atoms with Crippen LogP contribution in [0, 0.1) is 11.3 Å². The second-order valence-corrected chi connectivity index (χ2v) is 4.39. The van der Waals surface area contributed by atoms with Crippen molar-refractivity contribution in [2.75, 3.05) is 0 Å². The molecule has 0 aliphatic carbocycles. The highest BCUT2D eigenvalue weighted by atomic mass is 16.1. The van der Waals surface area contributed by atoms with E-state index in [4.69, 9.17) is 0 Å². The Morgan fingerprint density at radius 2 is 1.92 bits per heavy atom. The Bertz CT molecular complexity index is 154. The van der Waals surface area contributed by atoms with E-state index in [1.54, 1.807) is 0 Å². The number of hydrogen-bond donors (Lipinski definition) is 0. The third-order valence-corrected chi connectivity index (χ3v) is 1.79. The summed E-state index contributed by atoms with van der Waals surface area (Å²) in [6.45, 7) is 8.55. The molecule has 0 aliphatic rings. The molecule has 0 aromatic heterocycles. The van der Waals surface area contributed by atoms with Crippen LogP contribution >= 0.6 is 0 Å². The summed E-state index contributed by atoms with van der Waals surface area (Å²) in [6, 6.07) is 0. The summed E-state index contributed by atoms with van der Waals surface area (Å²) in [5.74, 6) is 0.702. The standard InChI is InChI=1S/C11H20O/c1-10(2)6-5-7-11(3,4)8-9-12/h5,7,9-10H,6,8H2,1-4H3/b7-5+. The molecule has 0 N–H and O–H groups in total. The summed E-state index contributed by atoms with van der Waals surface area (Å²) in [6.07, 6.45) is 7.01. The maximum Gasteiger partial charge on any atom is 0.120 e.